The SMILES string of the molecule is CN(C)CCCOC(=O)c1cc(OCc2ccccc2)c2c(Cl)cc(Cl)cc2n1. The average molecular weight is 433 g/mol. The number of fused-ring (bicyclic) bond motifs is 1. The topological polar surface area (TPSA) is 51.7 Å². The van der Waals surface area contributed by atoms with Crippen LogP contribution in [0.15, 0.2) is 48.5 Å². The second-order valence-corrected chi connectivity index (χ2v) is 7.70. The number of hydrogen-bond donors (Lipinski definition) is 0. The summed E-state index contributed by atoms with van der Waals surface area (Å²) >= 11 is 12.5. The van der Waals surface area contributed by atoms with Gasteiger partial charge in [0.15, 0.2) is 5.69 Å². The first-order valence-corrected chi connectivity index (χ1v) is 9.98. The van der Waals surface area contributed by atoms with Gasteiger partial charge in [-0.25, -0.2) is 9.78 Å². The number of aromatic nitrogens is 1. The van der Waals surface area contributed by atoms with Crippen LogP contribution in [0.4, 0.5) is 0 Å². The molecule has 1 heterocycles. The summed E-state index contributed by atoms with van der Waals surface area (Å²) in [6.45, 7) is 1.47. The van der Waals surface area contributed by atoms with Gasteiger partial charge in [0.25, 0.3) is 0 Å². The van der Waals surface area contributed by atoms with E-state index in [1.807, 2.05) is 49.3 Å². The van der Waals surface area contributed by atoms with Crippen molar-refractivity contribution in [2.45, 2.75) is 13.0 Å². The number of nitrogens with zero attached hydrogens (tertiary/aromatic N) is 2. The number of carbonyl (C=O) groups excluding carboxylic acids is 1. The molecule has 2 aromatic carbocycles. The summed E-state index contributed by atoms with van der Waals surface area (Å²) in [5, 5.41) is 1.45. The fourth-order valence-electron chi connectivity index (χ4n) is 2.82. The van der Waals surface area contributed by atoms with Crippen LogP contribution in [0.3, 0.4) is 0 Å². The molecule has 3 aromatic rings. The summed E-state index contributed by atoms with van der Waals surface area (Å²) in [6.07, 6.45) is 0.737. The molecule has 0 amide bonds. The van der Waals surface area contributed by atoms with E-state index in [0.717, 1.165) is 18.5 Å². The third-order valence-corrected chi connectivity index (χ3v) is 4.73. The summed E-state index contributed by atoms with van der Waals surface area (Å²) in [6, 6.07) is 14.6. The van der Waals surface area contributed by atoms with Gasteiger partial charge in [-0.1, -0.05) is 53.5 Å². The first-order chi connectivity index (χ1) is 13.9. The molecule has 0 aliphatic rings. The number of halogens is 2. The monoisotopic (exact) mass is 432 g/mol. The highest BCUT2D eigenvalue weighted by Gasteiger charge is 2.17. The predicted octanol–water partition coefficient (Wildman–Crippen LogP) is 5.23. The summed E-state index contributed by atoms with van der Waals surface area (Å²) in [5.74, 6) is -0.0490. The summed E-state index contributed by atoms with van der Waals surface area (Å²) in [5.41, 5.74) is 1.63. The van der Waals surface area contributed by atoms with Gasteiger partial charge in [-0.2, -0.15) is 0 Å². The molecule has 0 aliphatic heterocycles. The summed E-state index contributed by atoms with van der Waals surface area (Å²) in [4.78, 5) is 18.9. The van der Waals surface area contributed by atoms with E-state index in [-0.39, 0.29) is 5.69 Å². The van der Waals surface area contributed by atoms with Crippen LogP contribution in [0.1, 0.15) is 22.5 Å². The molecule has 0 unspecified atom stereocenters. The molecule has 0 fully saturated rings. The Morgan fingerprint density at radius 1 is 1.10 bits per heavy atom. The van der Waals surface area contributed by atoms with Crippen molar-refractivity contribution in [3.63, 3.8) is 0 Å². The second-order valence-electron chi connectivity index (χ2n) is 6.85. The number of hydrogen-bond acceptors (Lipinski definition) is 5. The van der Waals surface area contributed by atoms with Gasteiger partial charge in [-0.15, -0.1) is 0 Å². The lowest BCUT2D eigenvalue weighted by atomic mass is 10.1. The van der Waals surface area contributed by atoms with Crippen LogP contribution in [0, 0.1) is 0 Å². The van der Waals surface area contributed by atoms with Gasteiger partial charge in [0.2, 0.25) is 0 Å². The minimum Gasteiger partial charge on any atom is -0.488 e. The van der Waals surface area contributed by atoms with Gasteiger partial charge >= 0.3 is 5.97 Å². The van der Waals surface area contributed by atoms with Crippen LogP contribution in [-0.2, 0) is 11.3 Å². The van der Waals surface area contributed by atoms with Crippen LogP contribution in [0.5, 0.6) is 5.75 Å². The third-order valence-electron chi connectivity index (χ3n) is 4.22. The Hall–Kier alpha value is -2.34. The molecule has 29 heavy (non-hydrogen) atoms. The summed E-state index contributed by atoms with van der Waals surface area (Å²) < 4.78 is 11.3. The van der Waals surface area contributed by atoms with Crippen molar-refractivity contribution >= 4 is 40.1 Å². The fraction of sp³-hybridized carbons (Fsp3) is 0.273. The van der Waals surface area contributed by atoms with Gasteiger partial charge in [0.05, 0.1) is 22.5 Å². The standard InChI is InChI=1S/C22H22Cl2N2O3/c1-26(2)9-6-10-28-22(27)19-13-20(29-14-15-7-4-3-5-8-15)21-17(24)11-16(23)12-18(21)25-19/h3-5,7-8,11-13H,6,9-10,14H2,1-2H3. The smallest absolute Gasteiger partial charge is 0.357 e. The normalized spacial score (nSPS) is 11.1. The quantitative estimate of drug-likeness (QED) is 0.360. The largest absolute Gasteiger partial charge is 0.488 e. The predicted molar refractivity (Wildman–Crippen MR) is 116 cm³/mol. The third kappa shape index (κ3) is 5.82. The molecular formula is C22H22Cl2N2O3. The molecule has 0 N–H and O–H groups in total. The molecule has 152 valence electrons. The number of rotatable bonds is 8. The summed E-state index contributed by atoms with van der Waals surface area (Å²) in [7, 11) is 3.94. The minimum atomic E-state index is -0.508. The van der Waals surface area contributed by atoms with Crippen LogP contribution in [-0.4, -0.2) is 43.1 Å². The van der Waals surface area contributed by atoms with Gasteiger partial charge in [0, 0.05) is 17.6 Å². The lowest BCUT2D eigenvalue weighted by Gasteiger charge is -2.13. The number of benzene rings is 2. The maximum absolute atomic E-state index is 12.5. The zero-order valence-corrected chi connectivity index (χ0v) is 17.8. The molecule has 7 heteroatoms. The fourth-order valence-corrected chi connectivity index (χ4v) is 3.40. The number of carbonyl (C=O) groups is 1. The van der Waals surface area contributed by atoms with E-state index in [4.69, 9.17) is 32.7 Å². The molecule has 0 bridgehead atoms. The Morgan fingerprint density at radius 3 is 2.59 bits per heavy atom. The molecule has 0 spiro atoms. The Balaban J connectivity index is 1.87. The van der Waals surface area contributed by atoms with E-state index in [9.17, 15) is 4.79 Å². The van der Waals surface area contributed by atoms with Crippen LogP contribution >= 0.6 is 23.2 Å². The Bertz CT molecular complexity index is 994. The average Bonchev–Trinajstić information content (AvgIpc) is 2.69. The van der Waals surface area contributed by atoms with Crippen molar-refractivity contribution in [1.82, 2.24) is 9.88 Å². The lowest BCUT2D eigenvalue weighted by Crippen LogP contribution is -2.16. The van der Waals surface area contributed by atoms with Crippen LogP contribution < -0.4 is 4.74 Å². The van der Waals surface area contributed by atoms with Crippen molar-refractivity contribution in [1.29, 1.82) is 0 Å². The Morgan fingerprint density at radius 2 is 1.86 bits per heavy atom. The number of pyridine rings is 1. The molecule has 0 saturated carbocycles. The van der Waals surface area contributed by atoms with Crippen molar-refractivity contribution in [2.75, 3.05) is 27.2 Å². The van der Waals surface area contributed by atoms with Crippen LogP contribution in [0.25, 0.3) is 10.9 Å². The Kier molecular flexibility index (Phi) is 7.31. The lowest BCUT2D eigenvalue weighted by molar-refractivity contribution is 0.0486. The van der Waals surface area contributed by atoms with Gasteiger partial charge in [-0.05, 0) is 38.2 Å². The van der Waals surface area contributed by atoms with Gasteiger partial charge in [0.1, 0.15) is 12.4 Å². The molecule has 1 aromatic heterocycles. The van der Waals surface area contributed by atoms with E-state index in [1.54, 1.807) is 18.2 Å². The zero-order valence-electron chi connectivity index (χ0n) is 16.3. The first-order valence-electron chi connectivity index (χ1n) is 9.22. The highest BCUT2D eigenvalue weighted by Crippen LogP contribution is 2.35. The van der Waals surface area contributed by atoms with Crippen molar-refractivity contribution in [3.8, 4) is 5.75 Å². The van der Waals surface area contributed by atoms with E-state index >= 15 is 0 Å². The van der Waals surface area contributed by atoms with Gasteiger partial charge < -0.3 is 14.4 Å². The van der Waals surface area contributed by atoms with Crippen molar-refractivity contribution in [3.05, 3.63) is 69.8 Å². The highest BCUT2D eigenvalue weighted by molar-refractivity contribution is 6.39. The van der Waals surface area contributed by atoms with Crippen molar-refractivity contribution < 1.29 is 14.3 Å². The van der Waals surface area contributed by atoms with E-state index in [0.29, 0.717) is 39.9 Å². The molecule has 0 radical (unpaired) electrons. The molecule has 0 saturated heterocycles. The van der Waals surface area contributed by atoms with E-state index in [2.05, 4.69) is 4.98 Å². The minimum absolute atomic E-state index is 0.156. The molecule has 0 atom stereocenters. The zero-order chi connectivity index (χ0) is 20.8. The van der Waals surface area contributed by atoms with E-state index < -0.39 is 5.97 Å². The second kappa shape index (κ2) is 9.92. The van der Waals surface area contributed by atoms with Crippen LogP contribution in [0.2, 0.25) is 10.0 Å². The Labute approximate surface area is 180 Å². The maximum Gasteiger partial charge on any atom is 0.357 e. The molecule has 3 rings (SSSR count). The molecular weight excluding hydrogens is 411 g/mol. The molecule has 0 aliphatic carbocycles. The first kappa shape index (κ1) is 21.4. The highest BCUT2D eigenvalue weighted by atomic mass is 35.5. The molecule has 5 nitrogen and oxygen atoms in total. The number of esters is 1. The maximum atomic E-state index is 12.5. The number of ether oxygens (including phenoxy) is 2. The van der Waals surface area contributed by atoms with Crippen molar-refractivity contribution in [2.24, 2.45) is 0 Å². The van der Waals surface area contributed by atoms with E-state index in [1.165, 1.54) is 0 Å². The van der Waals surface area contributed by atoms with Gasteiger partial charge in [-0.3, -0.25) is 0 Å².